The highest BCUT2D eigenvalue weighted by atomic mass is 15.3. The van der Waals surface area contributed by atoms with E-state index in [9.17, 15) is 0 Å². The number of benzene rings is 2. The van der Waals surface area contributed by atoms with Crippen LogP contribution in [0.2, 0.25) is 0 Å². The first-order valence-corrected chi connectivity index (χ1v) is 9.60. The normalized spacial score (nSPS) is 12.6. The summed E-state index contributed by atoms with van der Waals surface area (Å²) < 4.78 is 1.15. The number of hydrogen-bond acceptors (Lipinski definition) is 1. The van der Waals surface area contributed by atoms with Crippen LogP contribution >= 0.6 is 0 Å². The highest BCUT2D eigenvalue weighted by Gasteiger charge is 2.36. The third-order valence-corrected chi connectivity index (χ3v) is 6.03. The van der Waals surface area contributed by atoms with Crippen molar-refractivity contribution >= 4 is 0 Å². The molecular weight excluding hydrogens is 304 g/mol. The second-order valence-electron chi connectivity index (χ2n) is 7.57. The Morgan fingerprint density at radius 1 is 0.800 bits per heavy atom. The van der Waals surface area contributed by atoms with Gasteiger partial charge in [-0.15, -0.1) is 0 Å². The predicted octanol–water partition coefficient (Wildman–Crippen LogP) is 4.76. The van der Waals surface area contributed by atoms with Crippen LogP contribution < -0.4 is 0 Å². The van der Waals surface area contributed by atoms with Crippen LogP contribution in [-0.2, 0) is 5.54 Å². The average Bonchev–Trinajstić information content (AvgIpc) is 2.66. The molecule has 0 atom stereocenters. The molecule has 0 unspecified atom stereocenters. The van der Waals surface area contributed by atoms with Gasteiger partial charge in [0.15, 0.2) is 0 Å². The van der Waals surface area contributed by atoms with E-state index in [1.807, 2.05) is 0 Å². The van der Waals surface area contributed by atoms with Crippen molar-refractivity contribution in [2.45, 2.75) is 32.2 Å². The molecule has 0 aliphatic heterocycles. The van der Waals surface area contributed by atoms with Crippen molar-refractivity contribution in [2.24, 2.45) is 0 Å². The fourth-order valence-corrected chi connectivity index (χ4v) is 3.88. The van der Waals surface area contributed by atoms with Gasteiger partial charge in [0.1, 0.15) is 0 Å². The van der Waals surface area contributed by atoms with E-state index in [0.717, 1.165) is 10.9 Å². The summed E-state index contributed by atoms with van der Waals surface area (Å²) in [5.41, 5.74) is 2.69. The van der Waals surface area contributed by atoms with Gasteiger partial charge in [0, 0.05) is 0 Å². The van der Waals surface area contributed by atoms with Crippen molar-refractivity contribution in [3.63, 3.8) is 0 Å². The molecule has 0 radical (unpaired) electrons. The van der Waals surface area contributed by atoms with E-state index >= 15 is 0 Å². The van der Waals surface area contributed by atoms with Gasteiger partial charge in [-0.25, -0.2) is 0 Å². The summed E-state index contributed by atoms with van der Waals surface area (Å²) >= 11 is 0. The molecule has 2 aromatic carbocycles. The highest BCUT2D eigenvalue weighted by Crippen LogP contribution is 2.38. The minimum Gasteiger partial charge on any atom is -0.326 e. The fraction of sp³-hybridized carbons (Fsp3) is 0.478. The van der Waals surface area contributed by atoms with E-state index in [2.05, 4.69) is 101 Å². The highest BCUT2D eigenvalue weighted by molar-refractivity contribution is 5.38. The van der Waals surface area contributed by atoms with E-state index in [1.54, 1.807) is 0 Å². The van der Waals surface area contributed by atoms with Crippen LogP contribution in [0, 0.1) is 0 Å². The summed E-state index contributed by atoms with van der Waals surface area (Å²) in [7, 11) is 6.81. The molecule has 0 saturated heterocycles. The second kappa shape index (κ2) is 8.64. The van der Waals surface area contributed by atoms with Gasteiger partial charge in [0.05, 0.1) is 32.2 Å². The first-order chi connectivity index (χ1) is 12.0. The maximum absolute atomic E-state index is 2.40. The third kappa shape index (κ3) is 4.31. The number of nitrogens with zero attached hydrogens (tertiary/aromatic N) is 2. The van der Waals surface area contributed by atoms with Crippen LogP contribution in [-0.4, -0.2) is 50.2 Å². The summed E-state index contributed by atoms with van der Waals surface area (Å²) in [6.45, 7) is 8.22. The van der Waals surface area contributed by atoms with Gasteiger partial charge in [0.2, 0.25) is 0 Å². The monoisotopic (exact) mass is 339 g/mol. The standard InChI is InChI=1S/C23H35N2/c1-6-25(5,7-2)20-14-19-23(24(3)4,21-15-10-8-11-16-21)22-17-12-9-13-18-22/h8-13,15-18H,6-7,14,19-20H2,1-5H3/q+1. The van der Waals surface area contributed by atoms with Crippen LogP contribution in [0.15, 0.2) is 60.7 Å². The number of hydrogen-bond donors (Lipinski definition) is 0. The van der Waals surface area contributed by atoms with Crippen molar-refractivity contribution in [2.75, 3.05) is 40.8 Å². The van der Waals surface area contributed by atoms with E-state index in [1.165, 1.54) is 37.2 Å². The summed E-state index contributed by atoms with van der Waals surface area (Å²) in [6, 6.07) is 22.0. The van der Waals surface area contributed by atoms with Gasteiger partial charge in [-0.3, -0.25) is 4.90 Å². The number of quaternary nitrogens is 1. The molecule has 2 nitrogen and oxygen atoms in total. The second-order valence-corrected chi connectivity index (χ2v) is 7.57. The Balaban J connectivity index is 2.38. The van der Waals surface area contributed by atoms with E-state index < -0.39 is 0 Å². The molecule has 0 aliphatic rings. The minimum absolute atomic E-state index is 0.0746. The zero-order valence-electron chi connectivity index (χ0n) is 16.7. The molecule has 0 fully saturated rings. The molecule has 0 amide bonds. The molecule has 0 heterocycles. The van der Waals surface area contributed by atoms with Gasteiger partial charge < -0.3 is 4.48 Å². The first kappa shape index (κ1) is 19.7. The molecule has 0 N–H and O–H groups in total. The molecule has 136 valence electrons. The molecule has 0 bridgehead atoms. The summed E-state index contributed by atoms with van der Waals surface area (Å²) in [4.78, 5) is 2.40. The third-order valence-electron chi connectivity index (χ3n) is 6.03. The summed E-state index contributed by atoms with van der Waals surface area (Å²) in [5, 5.41) is 0. The fourth-order valence-electron chi connectivity index (χ4n) is 3.88. The van der Waals surface area contributed by atoms with E-state index in [0.29, 0.717) is 0 Å². The zero-order chi connectivity index (χ0) is 18.3. The lowest BCUT2D eigenvalue weighted by Gasteiger charge is -2.42. The topological polar surface area (TPSA) is 3.24 Å². The molecule has 0 aromatic heterocycles. The molecule has 0 saturated carbocycles. The Morgan fingerprint density at radius 2 is 1.24 bits per heavy atom. The van der Waals surface area contributed by atoms with E-state index in [-0.39, 0.29) is 5.54 Å². The molecule has 25 heavy (non-hydrogen) atoms. The van der Waals surface area contributed by atoms with Gasteiger partial charge in [0.25, 0.3) is 0 Å². The lowest BCUT2D eigenvalue weighted by molar-refractivity contribution is -0.906. The Labute approximate surface area is 154 Å². The van der Waals surface area contributed by atoms with Crippen molar-refractivity contribution < 1.29 is 4.48 Å². The van der Waals surface area contributed by atoms with Crippen LogP contribution in [0.3, 0.4) is 0 Å². The molecule has 0 spiro atoms. The molecule has 2 aromatic rings. The predicted molar refractivity (Wildman–Crippen MR) is 109 cm³/mol. The average molecular weight is 340 g/mol. The molecular formula is C23H35N2+. The van der Waals surface area contributed by atoms with Crippen molar-refractivity contribution in [3.05, 3.63) is 71.8 Å². The van der Waals surface area contributed by atoms with Crippen molar-refractivity contribution in [3.8, 4) is 0 Å². The summed E-state index contributed by atoms with van der Waals surface area (Å²) in [5.74, 6) is 0. The lowest BCUT2D eigenvalue weighted by atomic mass is 9.78. The van der Waals surface area contributed by atoms with Gasteiger partial charge in [-0.2, -0.15) is 0 Å². The molecule has 2 heteroatoms. The largest absolute Gasteiger partial charge is 0.326 e. The van der Waals surface area contributed by atoms with Crippen LogP contribution in [0.4, 0.5) is 0 Å². The maximum Gasteiger partial charge on any atom is 0.0785 e. The van der Waals surface area contributed by atoms with Crippen molar-refractivity contribution in [1.29, 1.82) is 0 Å². The molecule has 2 rings (SSSR count). The van der Waals surface area contributed by atoms with Crippen molar-refractivity contribution in [1.82, 2.24) is 4.90 Å². The smallest absolute Gasteiger partial charge is 0.0785 e. The summed E-state index contributed by atoms with van der Waals surface area (Å²) in [6.07, 6.45) is 2.34. The van der Waals surface area contributed by atoms with Crippen LogP contribution in [0.25, 0.3) is 0 Å². The van der Waals surface area contributed by atoms with Crippen LogP contribution in [0.5, 0.6) is 0 Å². The van der Waals surface area contributed by atoms with Gasteiger partial charge >= 0.3 is 0 Å². The molecule has 0 aliphatic carbocycles. The quantitative estimate of drug-likeness (QED) is 0.596. The Bertz CT molecular complexity index is 576. The van der Waals surface area contributed by atoms with Gasteiger partial charge in [-0.05, 0) is 51.9 Å². The Hall–Kier alpha value is -1.64. The Morgan fingerprint density at radius 3 is 1.60 bits per heavy atom. The van der Waals surface area contributed by atoms with Gasteiger partial charge in [-0.1, -0.05) is 60.7 Å². The van der Waals surface area contributed by atoms with Crippen LogP contribution in [0.1, 0.15) is 37.8 Å². The Kier molecular flexibility index (Phi) is 6.80. The first-order valence-electron chi connectivity index (χ1n) is 9.60. The SMILES string of the molecule is CC[N+](C)(CC)CCCC(c1ccccc1)(c1ccccc1)N(C)C. The number of rotatable bonds is 9. The zero-order valence-corrected chi connectivity index (χ0v) is 16.7. The maximum atomic E-state index is 2.40. The van der Waals surface area contributed by atoms with E-state index in [4.69, 9.17) is 0 Å². The lowest BCUT2D eigenvalue weighted by Crippen LogP contribution is -2.47. The minimum atomic E-state index is -0.0746.